The molecule has 0 aliphatic rings. The van der Waals surface area contributed by atoms with Crippen molar-refractivity contribution in [1.29, 1.82) is 0 Å². The highest BCUT2D eigenvalue weighted by molar-refractivity contribution is 7.07. The molecule has 3 aromatic rings. The second kappa shape index (κ2) is 7.85. The summed E-state index contributed by atoms with van der Waals surface area (Å²) >= 11 is 1.62. The van der Waals surface area contributed by atoms with Crippen LogP contribution in [0.2, 0.25) is 0 Å². The minimum Gasteiger partial charge on any atom is -0.347 e. The molecule has 1 N–H and O–H groups in total. The molecule has 0 radical (unpaired) electrons. The first kappa shape index (κ1) is 17.0. The maximum Gasteiger partial charge on any atom is 0.267 e. The third-order valence-corrected chi connectivity index (χ3v) is 4.47. The first-order chi connectivity index (χ1) is 12.1. The Morgan fingerprint density at radius 2 is 2.20 bits per heavy atom. The van der Waals surface area contributed by atoms with Crippen LogP contribution in [0.4, 0.5) is 0 Å². The lowest BCUT2D eigenvalue weighted by atomic mass is 10.0. The molecule has 0 aliphatic carbocycles. The van der Waals surface area contributed by atoms with Gasteiger partial charge in [-0.2, -0.15) is 16.4 Å². The number of carbonyl (C=O) groups excluding carboxylic acids is 1. The smallest absolute Gasteiger partial charge is 0.267 e. The molecular weight excluding hydrogens is 336 g/mol. The minimum atomic E-state index is -0.295. The largest absolute Gasteiger partial charge is 0.347 e. The second-order valence-electron chi connectivity index (χ2n) is 5.71. The van der Waals surface area contributed by atoms with Gasteiger partial charge >= 0.3 is 0 Å². The van der Waals surface area contributed by atoms with E-state index < -0.39 is 0 Å². The number of nitrogens with zero attached hydrogens (tertiary/aromatic N) is 3. The van der Waals surface area contributed by atoms with Gasteiger partial charge in [0.15, 0.2) is 0 Å². The highest BCUT2D eigenvalue weighted by atomic mass is 32.1. The molecule has 3 heterocycles. The van der Waals surface area contributed by atoms with Crippen LogP contribution in [0.5, 0.6) is 0 Å². The van der Waals surface area contributed by atoms with E-state index >= 15 is 0 Å². The molecule has 7 heteroatoms. The van der Waals surface area contributed by atoms with Gasteiger partial charge in [0, 0.05) is 18.5 Å². The van der Waals surface area contributed by atoms with Gasteiger partial charge in [-0.25, -0.2) is 4.68 Å². The Labute approximate surface area is 149 Å². The van der Waals surface area contributed by atoms with Gasteiger partial charge in [0.25, 0.3) is 5.56 Å². The lowest BCUT2D eigenvalue weighted by molar-refractivity contribution is -0.122. The summed E-state index contributed by atoms with van der Waals surface area (Å²) in [5.74, 6) is -0.260. The number of aryl methyl sites for hydroxylation is 1. The Kier molecular flexibility index (Phi) is 5.35. The van der Waals surface area contributed by atoms with Gasteiger partial charge in [-0.3, -0.25) is 14.6 Å². The molecule has 0 fully saturated rings. The molecule has 0 aromatic carbocycles. The zero-order valence-corrected chi connectivity index (χ0v) is 14.6. The molecule has 3 rings (SSSR count). The van der Waals surface area contributed by atoms with Crippen LogP contribution < -0.4 is 10.9 Å². The van der Waals surface area contributed by atoms with E-state index in [9.17, 15) is 9.59 Å². The van der Waals surface area contributed by atoms with Crippen LogP contribution in [-0.4, -0.2) is 20.7 Å². The maximum atomic E-state index is 12.5. The van der Waals surface area contributed by atoms with E-state index in [0.29, 0.717) is 12.1 Å². The van der Waals surface area contributed by atoms with Crippen LogP contribution in [0.25, 0.3) is 0 Å². The number of hydrogen-bond acceptors (Lipinski definition) is 5. The average molecular weight is 354 g/mol. The standard InChI is InChI=1S/C18H18N4O2S/c1-13-4-5-18(24)22(21-13)11-17(23)20-16(9-14-6-8-25-12-14)15-3-2-7-19-10-15/h2-8,10,12,16H,9,11H2,1H3,(H,20,23). The summed E-state index contributed by atoms with van der Waals surface area (Å²) < 4.78 is 1.18. The summed E-state index contributed by atoms with van der Waals surface area (Å²) in [5.41, 5.74) is 2.46. The van der Waals surface area contributed by atoms with Gasteiger partial charge in [0.1, 0.15) is 6.54 Å². The summed E-state index contributed by atoms with van der Waals surface area (Å²) in [6, 6.07) is 8.64. The fraction of sp³-hybridized carbons (Fsp3) is 0.222. The summed E-state index contributed by atoms with van der Waals surface area (Å²) in [6.45, 7) is 1.67. The van der Waals surface area contributed by atoms with Gasteiger partial charge in [0.05, 0.1) is 11.7 Å². The van der Waals surface area contributed by atoms with E-state index in [-0.39, 0.29) is 24.1 Å². The number of nitrogens with one attached hydrogen (secondary N) is 1. The molecule has 0 bridgehead atoms. The zero-order valence-electron chi connectivity index (χ0n) is 13.8. The first-order valence-electron chi connectivity index (χ1n) is 7.87. The highest BCUT2D eigenvalue weighted by Crippen LogP contribution is 2.19. The van der Waals surface area contributed by atoms with Crippen LogP contribution in [0.15, 0.2) is 58.3 Å². The molecule has 128 valence electrons. The van der Waals surface area contributed by atoms with E-state index in [0.717, 1.165) is 11.1 Å². The van der Waals surface area contributed by atoms with Gasteiger partial charge in [-0.1, -0.05) is 6.07 Å². The molecule has 1 amide bonds. The van der Waals surface area contributed by atoms with Crippen LogP contribution in [0.1, 0.15) is 22.9 Å². The Hall–Kier alpha value is -2.80. The Balaban J connectivity index is 1.76. The number of hydrogen-bond donors (Lipinski definition) is 1. The Morgan fingerprint density at radius 1 is 1.32 bits per heavy atom. The van der Waals surface area contributed by atoms with Crippen molar-refractivity contribution in [2.45, 2.75) is 25.9 Å². The van der Waals surface area contributed by atoms with Crippen molar-refractivity contribution >= 4 is 17.2 Å². The maximum absolute atomic E-state index is 12.5. The lowest BCUT2D eigenvalue weighted by Crippen LogP contribution is -2.36. The number of rotatable bonds is 6. The summed E-state index contributed by atoms with van der Waals surface area (Å²) in [4.78, 5) is 28.4. The van der Waals surface area contributed by atoms with Crippen LogP contribution >= 0.6 is 11.3 Å². The van der Waals surface area contributed by atoms with Gasteiger partial charge in [-0.15, -0.1) is 0 Å². The van der Waals surface area contributed by atoms with Crippen LogP contribution in [0, 0.1) is 6.92 Å². The van der Waals surface area contributed by atoms with Crippen LogP contribution in [-0.2, 0) is 17.8 Å². The van der Waals surface area contributed by atoms with Crippen molar-refractivity contribution in [3.05, 3.63) is 80.7 Å². The molecule has 1 atom stereocenters. The summed E-state index contributed by atoms with van der Waals surface area (Å²) in [7, 11) is 0. The van der Waals surface area contributed by atoms with E-state index in [1.807, 2.05) is 23.6 Å². The second-order valence-corrected chi connectivity index (χ2v) is 6.49. The normalized spacial score (nSPS) is 11.9. The quantitative estimate of drug-likeness (QED) is 0.735. The highest BCUT2D eigenvalue weighted by Gasteiger charge is 2.17. The molecular formula is C18H18N4O2S. The van der Waals surface area contributed by atoms with Gasteiger partial charge < -0.3 is 5.32 Å². The molecule has 25 heavy (non-hydrogen) atoms. The van der Waals surface area contributed by atoms with E-state index in [1.165, 1.54) is 10.7 Å². The molecule has 0 spiro atoms. The SMILES string of the molecule is Cc1ccc(=O)n(CC(=O)NC(Cc2ccsc2)c2cccnc2)n1. The number of thiophene rings is 1. The first-order valence-corrected chi connectivity index (χ1v) is 8.81. The average Bonchev–Trinajstić information content (AvgIpc) is 3.11. The topological polar surface area (TPSA) is 76.9 Å². The summed E-state index contributed by atoms with van der Waals surface area (Å²) in [5, 5.41) is 11.2. The zero-order chi connectivity index (χ0) is 17.6. The monoisotopic (exact) mass is 354 g/mol. The fourth-order valence-corrected chi connectivity index (χ4v) is 3.20. The molecule has 1 unspecified atom stereocenters. The molecule has 0 saturated carbocycles. The van der Waals surface area contributed by atoms with Crippen molar-refractivity contribution in [2.24, 2.45) is 0 Å². The minimum absolute atomic E-state index is 0.110. The van der Waals surface area contributed by atoms with E-state index in [2.05, 4.69) is 20.8 Å². The molecule has 0 saturated heterocycles. The molecule has 0 aliphatic heterocycles. The lowest BCUT2D eigenvalue weighted by Gasteiger charge is -2.19. The van der Waals surface area contributed by atoms with Crippen molar-refractivity contribution in [1.82, 2.24) is 20.1 Å². The van der Waals surface area contributed by atoms with Gasteiger partial charge in [0.2, 0.25) is 5.91 Å². The Bertz CT molecular complexity index is 891. The van der Waals surface area contributed by atoms with Crippen molar-refractivity contribution in [3.8, 4) is 0 Å². The predicted molar refractivity (Wildman–Crippen MR) is 96.4 cm³/mol. The number of amides is 1. The van der Waals surface area contributed by atoms with Crippen molar-refractivity contribution < 1.29 is 4.79 Å². The third-order valence-electron chi connectivity index (χ3n) is 3.74. The third kappa shape index (κ3) is 4.60. The van der Waals surface area contributed by atoms with E-state index in [1.54, 1.807) is 36.7 Å². The predicted octanol–water partition coefficient (Wildman–Crippen LogP) is 2.11. The number of carbonyl (C=O) groups is 1. The Morgan fingerprint density at radius 3 is 2.92 bits per heavy atom. The van der Waals surface area contributed by atoms with E-state index in [4.69, 9.17) is 0 Å². The van der Waals surface area contributed by atoms with Crippen molar-refractivity contribution in [3.63, 3.8) is 0 Å². The molecule has 6 nitrogen and oxygen atoms in total. The number of aromatic nitrogens is 3. The fourth-order valence-electron chi connectivity index (χ4n) is 2.52. The van der Waals surface area contributed by atoms with Crippen LogP contribution in [0.3, 0.4) is 0 Å². The molecule has 3 aromatic heterocycles. The van der Waals surface area contributed by atoms with Gasteiger partial charge in [-0.05, 0) is 53.4 Å². The summed E-state index contributed by atoms with van der Waals surface area (Å²) in [6.07, 6.45) is 4.11. The number of pyridine rings is 1. The van der Waals surface area contributed by atoms with Crippen molar-refractivity contribution in [2.75, 3.05) is 0 Å².